The van der Waals surface area contributed by atoms with Crippen molar-refractivity contribution in [1.82, 2.24) is 14.5 Å². The standard InChI is InChI=1S/C28H31ClN4O3/c1-18-5-12-23(14-19(18)2)33-16-25(20-8-10-22(29)11-9-20)30-28(33)31-26(34)17-32(27(35)21-6-7-21)15-24-4-3-13-36-24/h5,8-12,14,16,21,24H,3-4,6-7,13,15,17H2,1-2H3,(H,30,31,34)/t24-/m1/s1. The van der Waals surface area contributed by atoms with E-state index in [0.717, 1.165) is 42.5 Å². The Morgan fingerprint density at radius 1 is 1.11 bits per heavy atom. The molecule has 0 spiro atoms. The number of nitrogens with zero attached hydrogens (tertiary/aromatic N) is 3. The van der Waals surface area contributed by atoms with Gasteiger partial charge in [-0.05, 0) is 74.9 Å². The quantitative estimate of drug-likeness (QED) is 0.457. The fourth-order valence-electron chi connectivity index (χ4n) is 4.49. The fourth-order valence-corrected chi connectivity index (χ4v) is 4.62. The van der Waals surface area contributed by atoms with Crippen LogP contribution in [0.3, 0.4) is 0 Å². The van der Waals surface area contributed by atoms with Crippen LogP contribution in [0.15, 0.2) is 48.7 Å². The fraction of sp³-hybridized carbons (Fsp3) is 0.393. The highest BCUT2D eigenvalue weighted by Crippen LogP contribution is 2.32. The SMILES string of the molecule is Cc1ccc(-n2cc(-c3ccc(Cl)cc3)nc2NC(=O)CN(C[C@H]2CCCO2)C(=O)C2CC2)cc1C. The number of rotatable bonds is 8. The van der Waals surface area contributed by atoms with Gasteiger partial charge >= 0.3 is 0 Å². The second-order valence-corrected chi connectivity index (χ2v) is 10.2. The summed E-state index contributed by atoms with van der Waals surface area (Å²) >= 11 is 6.07. The van der Waals surface area contributed by atoms with Crippen molar-refractivity contribution >= 4 is 29.4 Å². The van der Waals surface area contributed by atoms with Crippen LogP contribution in [0.5, 0.6) is 0 Å². The van der Waals surface area contributed by atoms with Crippen LogP contribution in [-0.2, 0) is 14.3 Å². The number of aryl methyl sites for hydroxylation is 2. The van der Waals surface area contributed by atoms with Gasteiger partial charge in [-0.1, -0.05) is 29.8 Å². The van der Waals surface area contributed by atoms with Gasteiger partial charge < -0.3 is 9.64 Å². The van der Waals surface area contributed by atoms with Gasteiger partial charge in [0.1, 0.15) is 6.54 Å². The van der Waals surface area contributed by atoms with Crippen molar-refractivity contribution in [2.45, 2.75) is 45.6 Å². The molecule has 2 aliphatic rings. The zero-order valence-corrected chi connectivity index (χ0v) is 21.4. The molecule has 1 aliphatic carbocycles. The van der Waals surface area contributed by atoms with E-state index in [0.29, 0.717) is 29.8 Å². The number of aromatic nitrogens is 2. The minimum atomic E-state index is -0.277. The number of hydrogen-bond donors (Lipinski definition) is 1. The molecule has 2 amide bonds. The van der Waals surface area contributed by atoms with Crippen molar-refractivity contribution in [2.24, 2.45) is 5.92 Å². The Labute approximate surface area is 216 Å². The van der Waals surface area contributed by atoms with Crippen molar-refractivity contribution in [1.29, 1.82) is 0 Å². The van der Waals surface area contributed by atoms with Crippen molar-refractivity contribution < 1.29 is 14.3 Å². The highest BCUT2D eigenvalue weighted by Gasteiger charge is 2.35. The molecule has 2 heterocycles. The van der Waals surface area contributed by atoms with E-state index in [4.69, 9.17) is 21.3 Å². The van der Waals surface area contributed by atoms with E-state index >= 15 is 0 Å². The average molecular weight is 507 g/mol. The largest absolute Gasteiger partial charge is 0.376 e. The molecule has 0 bridgehead atoms. The van der Waals surface area contributed by atoms with E-state index in [1.54, 1.807) is 4.90 Å². The van der Waals surface area contributed by atoms with Crippen LogP contribution in [0.1, 0.15) is 36.8 Å². The molecule has 5 rings (SSSR count). The second kappa shape index (κ2) is 10.4. The van der Waals surface area contributed by atoms with Gasteiger partial charge in [0.15, 0.2) is 0 Å². The first-order valence-corrected chi connectivity index (χ1v) is 12.9. The zero-order chi connectivity index (χ0) is 25.2. The summed E-state index contributed by atoms with van der Waals surface area (Å²) in [6.07, 6.45) is 5.59. The van der Waals surface area contributed by atoms with Crippen LogP contribution in [0.2, 0.25) is 5.02 Å². The molecule has 3 aromatic rings. The third kappa shape index (κ3) is 5.63. The maximum Gasteiger partial charge on any atom is 0.246 e. The first-order valence-electron chi connectivity index (χ1n) is 12.5. The molecule has 1 saturated heterocycles. The first kappa shape index (κ1) is 24.5. The molecule has 1 N–H and O–H groups in total. The van der Waals surface area contributed by atoms with Crippen molar-refractivity contribution in [3.8, 4) is 16.9 Å². The molecule has 1 aliphatic heterocycles. The molecule has 36 heavy (non-hydrogen) atoms. The van der Waals surface area contributed by atoms with Crippen LogP contribution in [0.4, 0.5) is 5.95 Å². The highest BCUT2D eigenvalue weighted by atomic mass is 35.5. The summed E-state index contributed by atoms with van der Waals surface area (Å²) in [5.41, 5.74) is 4.83. The van der Waals surface area contributed by atoms with Gasteiger partial charge in [-0.2, -0.15) is 0 Å². The van der Waals surface area contributed by atoms with E-state index in [9.17, 15) is 9.59 Å². The monoisotopic (exact) mass is 506 g/mol. The molecule has 1 atom stereocenters. The maximum absolute atomic E-state index is 13.2. The van der Waals surface area contributed by atoms with Crippen molar-refractivity contribution in [2.75, 3.05) is 25.0 Å². The summed E-state index contributed by atoms with van der Waals surface area (Å²) in [6.45, 7) is 5.26. The van der Waals surface area contributed by atoms with E-state index in [2.05, 4.69) is 31.3 Å². The maximum atomic E-state index is 13.2. The van der Waals surface area contributed by atoms with Gasteiger partial charge in [0.2, 0.25) is 17.8 Å². The Kier molecular flexibility index (Phi) is 7.12. The van der Waals surface area contributed by atoms with Crippen molar-refractivity contribution in [3.05, 3.63) is 64.8 Å². The van der Waals surface area contributed by atoms with Gasteiger partial charge in [-0.25, -0.2) is 4.98 Å². The smallest absolute Gasteiger partial charge is 0.246 e. The van der Waals surface area contributed by atoms with Gasteiger partial charge in [-0.3, -0.25) is 19.5 Å². The van der Waals surface area contributed by atoms with Crippen LogP contribution in [0, 0.1) is 19.8 Å². The molecular weight excluding hydrogens is 476 g/mol. The summed E-state index contributed by atoms with van der Waals surface area (Å²) in [4.78, 5) is 32.5. The number of carbonyl (C=O) groups is 2. The number of anilines is 1. The molecule has 188 valence electrons. The summed E-state index contributed by atoms with van der Waals surface area (Å²) in [5.74, 6) is 0.206. The number of ether oxygens (including phenoxy) is 1. The Morgan fingerprint density at radius 3 is 2.56 bits per heavy atom. The lowest BCUT2D eigenvalue weighted by Gasteiger charge is -2.25. The summed E-state index contributed by atoms with van der Waals surface area (Å²) in [6, 6.07) is 13.6. The van der Waals surface area contributed by atoms with Crippen LogP contribution < -0.4 is 5.32 Å². The molecule has 8 heteroatoms. The molecule has 0 unspecified atom stereocenters. The number of hydrogen-bond acceptors (Lipinski definition) is 4. The molecule has 2 fully saturated rings. The highest BCUT2D eigenvalue weighted by molar-refractivity contribution is 6.30. The number of carbonyl (C=O) groups excluding carboxylic acids is 2. The topological polar surface area (TPSA) is 76.5 Å². The van der Waals surface area contributed by atoms with Gasteiger partial charge in [0.25, 0.3) is 0 Å². The third-order valence-electron chi connectivity index (χ3n) is 6.89. The van der Waals surface area contributed by atoms with Gasteiger partial charge in [0, 0.05) is 41.5 Å². The molecule has 1 aromatic heterocycles. The minimum Gasteiger partial charge on any atom is -0.376 e. The second-order valence-electron chi connectivity index (χ2n) is 9.77. The number of amides is 2. The molecule has 0 radical (unpaired) electrons. The first-order chi connectivity index (χ1) is 17.4. The normalized spacial score (nSPS) is 17.2. The lowest BCUT2D eigenvalue weighted by atomic mass is 10.1. The summed E-state index contributed by atoms with van der Waals surface area (Å²) < 4.78 is 7.62. The minimum absolute atomic E-state index is 0.00507. The number of nitrogens with one attached hydrogen (secondary N) is 1. The third-order valence-corrected chi connectivity index (χ3v) is 7.14. The number of halogens is 1. The van der Waals surface area contributed by atoms with Gasteiger partial charge in [-0.15, -0.1) is 0 Å². The van der Waals surface area contributed by atoms with Crippen LogP contribution >= 0.6 is 11.6 Å². The summed E-state index contributed by atoms with van der Waals surface area (Å²) in [7, 11) is 0. The van der Waals surface area contributed by atoms with E-state index in [1.807, 2.05) is 41.1 Å². The lowest BCUT2D eigenvalue weighted by Crippen LogP contribution is -2.43. The number of benzene rings is 2. The predicted molar refractivity (Wildman–Crippen MR) is 140 cm³/mol. The Morgan fingerprint density at radius 2 is 1.89 bits per heavy atom. The van der Waals surface area contributed by atoms with Gasteiger partial charge in [0.05, 0.1) is 11.8 Å². The molecule has 2 aromatic carbocycles. The van der Waals surface area contributed by atoms with E-state index in [1.165, 1.54) is 5.56 Å². The van der Waals surface area contributed by atoms with Crippen LogP contribution in [0.25, 0.3) is 16.9 Å². The number of imidazole rings is 1. The Balaban J connectivity index is 1.41. The van der Waals surface area contributed by atoms with E-state index in [-0.39, 0.29) is 30.4 Å². The molecule has 1 saturated carbocycles. The zero-order valence-electron chi connectivity index (χ0n) is 20.7. The average Bonchev–Trinajstić information content (AvgIpc) is 3.43. The predicted octanol–water partition coefficient (Wildman–Crippen LogP) is 5.17. The Hall–Kier alpha value is -3.16. The van der Waals surface area contributed by atoms with Crippen LogP contribution in [-0.4, -0.2) is 52.1 Å². The van der Waals surface area contributed by atoms with E-state index < -0.39 is 0 Å². The molecule has 7 nitrogen and oxygen atoms in total. The summed E-state index contributed by atoms with van der Waals surface area (Å²) in [5, 5.41) is 3.61. The lowest BCUT2D eigenvalue weighted by molar-refractivity contribution is -0.137. The Bertz CT molecular complexity index is 1260. The van der Waals surface area contributed by atoms with Crippen molar-refractivity contribution in [3.63, 3.8) is 0 Å². The molecular formula is C28H31ClN4O3.